The van der Waals surface area contributed by atoms with Crippen molar-refractivity contribution in [3.63, 3.8) is 0 Å². The molecular weight excluding hydrogens is 426 g/mol. The van der Waals surface area contributed by atoms with Crippen LogP contribution in [0, 0.1) is 0 Å². The predicted molar refractivity (Wildman–Crippen MR) is 120 cm³/mol. The summed E-state index contributed by atoms with van der Waals surface area (Å²) < 4.78 is 9.42. The number of hydrogen-bond donors (Lipinski definition) is 3. The largest absolute Gasteiger partial charge is 0.465 e. The van der Waals surface area contributed by atoms with E-state index in [1.54, 1.807) is 60.7 Å². The molecule has 1 aliphatic heterocycles. The highest BCUT2D eigenvalue weighted by Crippen LogP contribution is 2.33. The van der Waals surface area contributed by atoms with Gasteiger partial charge in [0, 0.05) is 11.4 Å². The first-order chi connectivity index (χ1) is 15.9. The highest BCUT2D eigenvalue weighted by molar-refractivity contribution is 6.22. The van der Waals surface area contributed by atoms with E-state index >= 15 is 0 Å². The van der Waals surface area contributed by atoms with Crippen LogP contribution in [-0.2, 0) is 9.47 Å². The fourth-order valence-electron chi connectivity index (χ4n) is 3.35. The van der Waals surface area contributed by atoms with Crippen molar-refractivity contribution in [1.82, 2.24) is 5.32 Å². The van der Waals surface area contributed by atoms with Crippen molar-refractivity contribution >= 4 is 46.5 Å². The lowest BCUT2D eigenvalue weighted by Gasteiger charge is -2.16. The van der Waals surface area contributed by atoms with E-state index in [1.807, 2.05) is 0 Å². The molecule has 0 atom stereocenters. The number of methoxy groups -OCH3 is 2. The maximum absolute atomic E-state index is 12.2. The van der Waals surface area contributed by atoms with Crippen molar-refractivity contribution in [2.75, 3.05) is 24.9 Å². The molecule has 3 aromatic carbocycles. The van der Waals surface area contributed by atoms with E-state index in [-0.39, 0.29) is 11.1 Å². The van der Waals surface area contributed by atoms with Gasteiger partial charge in [-0.2, -0.15) is 0 Å². The molecule has 9 nitrogen and oxygen atoms in total. The number of imide groups is 1. The molecule has 33 heavy (non-hydrogen) atoms. The SMILES string of the molecule is COC(=O)c1ccc(Nc2cc3c(cc2Nc2ccc(C(=O)OC)cc2)C(=O)NC3=O)cc1. The van der Waals surface area contributed by atoms with Gasteiger partial charge in [-0.1, -0.05) is 0 Å². The van der Waals surface area contributed by atoms with E-state index in [9.17, 15) is 19.2 Å². The van der Waals surface area contributed by atoms with Gasteiger partial charge in [-0.05, 0) is 60.7 Å². The molecule has 2 amide bonds. The zero-order chi connectivity index (χ0) is 23.5. The number of esters is 2. The molecule has 0 spiro atoms. The number of hydrogen-bond acceptors (Lipinski definition) is 8. The molecule has 0 aromatic heterocycles. The van der Waals surface area contributed by atoms with Gasteiger partial charge in [-0.25, -0.2) is 9.59 Å². The van der Waals surface area contributed by atoms with Crippen LogP contribution in [0.5, 0.6) is 0 Å². The second kappa shape index (κ2) is 8.83. The van der Waals surface area contributed by atoms with E-state index in [1.165, 1.54) is 14.2 Å². The van der Waals surface area contributed by atoms with Crippen LogP contribution in [0.1, 0.15) is 41.4 Å². The Morgan fingerprint density at radius 2 is 1.03 bits per heavy atom. The number of amides is 2. The van der Waals surface area contributed by atoms with E-state index in [2.05, 4.69) is 16.0 Å². The Bertz CT molecular complexity index is 1170. The lowest BCUT2D eigenvalue weighted by molar-refractivity contribution is 0.0592. The van der Waals surface area contributed by atoms with Crippen LogP contribution in [-0.4, -0.2) is 38.0 Å². The lowest BCUT2D eigenvalue weighted by atomic mass is 10.1. The first-order valence-corrected chi connectivity index (χ1v) is 9.84. The Morgan fingerprint density at radius 1 is 0.667 bits per heavy atom. The van der Waals surface area contributed by atoms with Crippen molar-refractivity contribution in [2.45, 2.75) is 0 Å². The normalized spacial score (nSPS) is 11.9. The Kier molecular flexibility index (Phi) is 5.77. The zero-order valence-electron chi connectivity index (χ0n) is 17.7. The van der Waals surface area contributed by atoms with Gasteiger partial charge in [0.15, 0.2) is 0 Å². The summed E-state index contributed by atoms with van der Waals surface area (Å²) in [5, 5.41) is 8.68. The monoisotopic (exact) mass is 445 g/mol. The van der Waals surface area contributed by atoms with Crippen LogP contribution in [0.15, 0.2) is 60.7 Å². The van der Waals surface area contributed by atoms with Gasteiger partial charge in [0.2, 0.25) is 0 Å². The first kappa shape index (κ1) is 21.6. The Morgan fingerprint density at radius 3 is 1.36 bits per heavy atom. The highest BCUT2D eigenvalue weighted by Gasteiger charge is 2.28. The number of anilines is 4. The molecule has 9 heteroatoms. The molecule has 1 aliphatic rings. The second-order valence-corrected chi connectivity index (χ2v) is 7.11. The van der Waals surface area contributed by atoms with Gasteiger partial charge in [-0.15, -0.1) is 0 Å². The van der Waals surface area contributed by atoms with Crippen LogP contribution in [0.4, 0.5) is 22.7 Å². The van der Waals surface area contributed by atoms with Crippen LogP contribution in [0.25, 0.3) is 0 Å². The zero-order valence-corrected chi connectivity index (χ0v) is 17.7. The molecular formula is C24H19N3O6. The maximum atomic E-state index is 12.2. The third kappa shape index (κ3) is 4.38. The molecule has 0 fully saturated rings. The number of carbonyl (C=O) groups is 4. The Balaban J connectivity index is 1.67. The fourth-order valence-corrected chi connectivity index (χ4v) is 3.35. The average molecular weight is 445 g/mol. The minimum atomic E-state index is -0.479. The molecule has 0 aliphatic carbocycles. The predicted octanol–water partition coefficient (Wildman–Crippen LogP) is 3.63. The number of nitrogens with one attached hydrogen (secondary N) is 3. The second-order valence-electron chi connectivity index (χ2n) is 7.11. The van der Waals surface area contributed by atoms with Crippen molar-refractivity contribution < 1.29 is 28.7 Å². The van der Waals surface area contributed by atoms with Crippen LogP contribution in [0.2, 0.25) is 0 Å². The third-order valence-corrected chi connectivity index (χ3v) is 5.04. The van der Waals surface area contributed by atoms with Crippen molar-refractivity contribution in [3.8, 4) is 0 Å². The van der Waals surface area contributed by atoms with E-state index < -0.39 is 23.8 Å². The molecule has 4 rings (SSSR count). The molecule has 0 saturated carbocycles. The van der Waals surface area contributed by atoms with Crippen molar-refractivity contribution in [1.29, 1.82) is 0 Å². The summed E-state index contributed by atoms with van der Waals surface area (Å²) in [5.74, 6) is -1.86. The quantitative estimate of drug-likeness (QED) is 0.388. The summed E-state index contributed by atoms with van der Waals surface area (Å²) in [7, 11) is 2.61. The van der Waals surface area contributed by atoms with Gasteiger partial charge in [0.05, 0.1) is 47.8 Å². The van der Waals surface area contributed by atoms with Crippen LogP contribution >= 0.6 is 0 Å². The molecule has 0 saturated heterocycles. The molecule has 166 valence electrons. The number of carbonyl (C=O) groups excluding carboxylic acids is 4. The van der Waals surface area contributed by atoms with Crippen molar-refractivity contribution in [2.24, 2.45) is 0 Å². The molecule has 1 heterocycles. The van der Waals surface area contributed by atoms with E-state index in [0.717, 1.165) is 0 Å². The number of ether oxygens (including phenoxy) is 2. The third-order valence-electron chi connectivity index (χ3n) is 5.04. The summed E-state index contributed by atoms with van der Waals surface area (Å²) in [6.45, 7) is 0. The van der Waals surface area contributed by atoms with Gasteiger partial charge in [0.25, 0.3) is 11.8 Å². The minimum absolute atomic E-state index is 0.250. The van der Waals surface area contributed by atoms with Crippen LogP contribution in [0.3, 0.4) is 0 Å². The summed E-state index contributed by atoms with van der Waals surface area (Å²) in [6, 6.07) is 16.4. The topological polar surface area (TPSA) is 123 Å². The summed E-state index contributed by atoms with van der Waals surface area (Å²) in [6.07, 6.45) is 0. The smallest absolute Gasteiger partial charge is 0.337 e. The number of fused-ring (bicyclic) bond motifs is 1. The fraction of sp³-hybridized carbons (Fsp3) is 0.0833. The minimum Gasteiger partial charge on any atom is -0.465 e. The molecule has 0 unspecified atom stereocenters. The molecule has 3 N–H and O–H groups in total. The standard InChI is InChI=1S/C24H19N3O6/c1-32-23(30)13-3-7-15(8-4-13)25-19-11-17-18(22(29)27-21(17)28)12-20(19)26-16-9-5-14(6-10-16)24(31)33-2/h3-12,25-26H,1-2H3,(H,27,28,29). The maximum Gasteiger partial charge on any atom is 0.337 e. The van der Waals surface area contributed by atoms with Gasteiger partial charge >= 0.3 is 11.9 Å². The summed E-state index contributed by atoms with van der Waals surface area (Å²) >= 11 is 0. The summed E-state index contributed by atoms with van der Waals surface area (Å²) in [4.78, 5) is 47.6. The van der Waals surface area contributed by atoms with Crippen LogP contribution < -0.4 is 16.0 Å². The van der Waals surface area contributed by atoms with E-state index in [0.29, 0.717) is 33.9 Å². The summed E-state index contributed by atoms with van der Waals surface area (Å²) in [5.41, 5.74) is 3.65. The first-order valence-electron chi connectivity index (χ1n) is 9.84. The number of benzene rings is 3. The molecule has 0 radical (unpaired) electrons. The lowest BCUT2D eigenvalue weighted by Crippen LogP contribution is -2.19. The van der Waals surface area contributed by atoms with E-state index in [4.69, 9.17) is 9.47 Å². The molecule has 3 aromatic rings. The average Bonchev–Trinajstić information content (AvgIpc) is 3.11. The Labute approximate surface area is 188 Å². The van der Waals surface area contributed by atoms with Gasteiger partial charge < -0.3 is 20.1 Å². The van der Waals surface area contributed by atoms with Gasteiger partial charge in [-0.3, -0.25) is 14.9 Å². The van der Waals surface area contributed by atoms with Gasteiger partial charge in [0.1, 0.15) is 0 Å². The molecule has 0 bridgehead atoms. The number of rotatable bonds is 6. The highest BCUT2D eigenvalue weighted by atomic mass is 16.5. The van der Waals surface area contributed by atoms with Crippen molar-refractivity contribution in [3.05, 3.63) is 82.9 Å². The Hall–Kier alpha value is -4.66.